The normalized spacial score (nSPS) is 14.2. The van der Waals surface area contributed by atoms with Crippen LogP contribution >= 0.6 is 0 Å². The number of carbonyl (C=O) groups excluding carboxylic acids is 2. The van der Waals surface area contributed by atoms with Gasteiger partial charge in [0, 0.05) is 23.1 Å². The lowest BCUT2D eigenvalue weighted by Crippen LogP contribution is -2.22. The van der Waals surface area contributed by atoms with E-state index in [1.807, 2.05) is 19.1 Å². The molecule has 0 saturated carbocycles. The number of nitrogens with one attached hydrogen (secondary N) is 1. The quantitative estimate of drug-likeness (QED) is 0.376. The first-order chi connectivity index (χ1) is 14.9. The molecule has 1 aliphatic carbocycles. The number of furan rings is 1. The number of esters is 1. The highest BCUT2D eigenvalue weighted by atomic mass is 19.1. The van der Waals surface area contributed by atoms with Gasteiger partial charge in [-0.3, -0.25) is 4.79 Å². The Labute approximate surface area is 178 Å². The van der Waals surface area contributed by atoms with E-state index in [4.69, 9.17) is 9.15 Å². The third-order valence-electron chi connectivity index (χ3n) is 5.14. The molecule has 0 saturated heterocycles. The number of fused-ring (bicyclic) bond motifs is 1. The van der Waals surface area contributed by atoms with Gasteiger partial charge in [-0.15, -0.1) is 0 Å². The number of aryl methyl sites for hydroxylation is 2. The number of ether oxygens (including phenoxy) is 1. The predicted octanol–water partition coefficient (Wildman–Crippen LogP) is 4.73. The average molecular weight is 420 g/mol. The van der Waals surface area contributed by atoms with Crippen LogP contribution in [0.1, 0.15) is 56.2 Å². The molecule has 1 aliphatic rings. The topological polar surface area (TPSA) is 80.9 Å². The van der Waals surface area contributed by atoms with Gasteiger partial charge < -0.3 is 9.15 Å². The monoisotopic (exact) mass is 420 g/mol. The lowest BCUT2D eigenvalue weighted by Gasteiger charge is -2.13. The number of amides is 1. The van der Waals surface area contributed by atoms with Crippen molar-refractivity contribution in [3.05, 3.63) is 88.1 Å². The van der Waals surface area contributed by atoms with Gasteiger partial charge in [-0.1, -0.05) is 17.7 Å². The van der Waals surface area contributed by atoms with Crippen molar-refractivity contribution in [3.63, 3.8) is 0 Å². The van der Waals surface area contributed by atoms with Gasteiger partial charge in [-0.05, 0) is 63.1 Å². The summed E-state index contributed by atoms with van der Waals surface area (Å²) >= 11 is 0. The van der Waals surface area contributed by atoms with Crippen molar-refractivity contribution in [2.24, 2.45) is 5.10 Å². The van der Waals surface area contributed by atoms with Crippen molar-refractivity contribution in [1.82, 2.24) is 5.43 Å². The summed E-state index contributed by atoms with van der Waals surface area (Å²) in [5.41, 5.74) is 5.85. The molecule has 4 rings (SSSR count). The number of halogens is 1. The maximum atomic E-state index is 13.1. The maximum absolute atomic E-state index is 13.1. The Morgan fingerprint density at radius 2 is 1.74 bits per heavy atom. The maximum Gasteiger partial charge on any atom is 0.379 e. The summed E-state index contributed by atoms with van der Waals surface area (Å²) in [6, 6.07) is 12.4. The number of nitrogens with zero attached hydrogens (tertiary/aromatic N) is 1. The molecule has 0 aliphatic heterocycles. The Kier molecular flexibility index (Phi) is 5.66. The highest BCUT2D eigenvalue weighted by Crippen LogP contribution is 2.30. The number of hydrogen-bond acceptors (Lipinski definition) is 5. The number of rotatable bonds is 4. The van der Waals surface area contributed by atoms with Crippen LogP contribution in [0.5, 0.6) is 5.75 Å². The summed E-state index contributed by atoms with van der Waals surface area (Å²) in [7, 11) is 0. The summed E-state index contributed by atoms with van der Waals surface area (Å²) in [6.07, 6.45) is 2.07. The molecule has 1 aromatic heterocycles. The fourth-order valence-corrected chi connectivity index (χ4v) is 3.52. The molecular weight excluding hydrogens is 399 g/mol. The minimum atomic E-state index is -0.578. The summed E-state index contributed by atoms with van der Waals surface area (Å²) in [6.45, 7) is 3.72. The van der Waals surface area contributed by atoms with Crippen molar-refractivity contribution in [2.75, 3.05) is 0 Å². The van der Waals surface area contributed by atoms with Gasteiger partial charge in [0.05, 0.1) is 5.71 Å². The van der Waals surface area contributed by atoms with Crippen LogP contribution in [0.2, 0.25) is 0 Å². The minimum Gasteiger partial charge on any atom is -0.453 e. The summed E-state index contributed by atoms with van der Waals surface area (Å²) in [5, 5.41) is 4.26. The van der Waals surface area contributed by atoms with E-state index in [2.05, 4.69) is 10.5 Å². The molecule has 1 N–H and O–H groups in total. The van der Waals surface area contributed by atoms with E-state index in [1.165, 1.54) is 24.3 Å². The van der Waals surface area contributed by atoms with Gasteiger partial charge in [-0.25, -0.2) is 14.6 Å². The summed E-state index contributed by atoms with van der Waals surface area (Å²) < 4.78 is 24.3. The molecule has 3 aromatic rings. The zero-order valence-electron chi connectivity index (χ0n) is 17.2. The van der Waals surface area contributed by atoms with Crippen molar-refractivity contribution < 1.29 is 23.1 Å². The van der Waals surface area contributed by atoms with Gasteiger partial charge in [0.25, 0.3) is 5.91 Å². The second kappa shape index (κ2) is 8.55. The first-order valence-electron chi connectivity index (χ1n) is 9.96. The highest BCUT2D eigenvalue weighted by Gasteiger charge is 2.29. The van der Waals surface area contributed by atoms with E-state index in [-0.39, 0.29) is 5.76 Å². The standard InChI is InChI=1S/C24H21FN2O4/c1-14-6-12-18(13-7-14)30-24(29)22-15(2)21-19(4-3-5-20(21)31-22)26-27-23(28)16-8-10-17(25)11-9-16/h6-13H,3-5H2,1-2H3,(H,27,28)/b26-19+. The van der Waals surface area contributed by atoms with Crippen molar-refractivity contribution in [3.8, 4) is 5.75 Å². The second-order valence-corrected chi connectivity index (χ2v) is 7.42. The third kappa shape index (κ3) is 4.40. The van der Waals surface area contributed by atoms with Gasteiger partial charge in [0.2, 0.25) is 5.76 Å². The van der Waals surface area contributed by atoms with E-state index in [0.29, 0.717) is 41.2 Å². The van der Waals surface area contributed by atoms with Crippen LogP contribution < -0.4 is 10.2 Å². The zero-order valence-corrected chi connectivity index (χ0v) is 17.2. The van der Waals surface area contributed by atoms with Crippen LogP contribution in [0.15, 0.2) is 58.0 Å². The molecule has 0 bridgehead atoms. The number of benzene rings is 2. The Hall–Kier alpha value is -3.74. The molecule has 158 valence electrons. The van der Waals surface area contributed by atoms with Gasteiger partial charge in [0.1, 0.15) is 17.3 Å². The van der Waals surface area contributed by atoms with E-state index < -0.39 is 17.7 Å². The Balaban J connectivity index is 1.55. The number of hydrazone groups is 1. The molecule has 1 heterocycles. The number of carbonyl (C=O) groups is 2. The Bertz CT molecular complexity index is 1160. The molecule has 0 radical (unpaired) electrons. The van der Waals surface area contributed by atoms with Crippen LogP contribution in [0.25, 0.3) is 0 Å². The molecule has 0 atom stereocenters. The molecule has 0 fully saturated rings. The van der Waals surface area contributed by atoms with Gasteiger partial charge in [0.15, 0.2) is 0 Å². The molecule has 6 nitrogen and oxygen atoms in total. The Morgan fingerprint density at radius 1 is 1.03 bits per heavy atom. The molecule has 0 unspecified atom stereocenters. The molecule has 2 aromatic carbocycles. The molecule has 1 amide bonds. The van der Waals surface area contributed by atoms with E-state index in [1.54, 1.807) is 19.1 Å². The largest absolute Gasteiger partial charge is 0.453 e. The van der Waals surface area contributed by atoms with Crippen LogP contribution in [-0.4, -0.2) is 17.6 Å². The van der Waals surface area contributed by atoms with Gasteiger partial charge in [-0.2, -0.15) is 5.10 Å². The van der Waals surface area contributed by atoms with Crippen molar-refractivity contribution in [1.29, 1.82) is 0 Å². The Morgan fingerprint density at radius 3 is 2.45 bits per heavy atom. The van der Waals surface area contributed by atoms with E-state index in [9.17, 15) is 14.0 Å². The van der Waals surface area contributed by atoms with Crippen molar-refractivity contribution in [2.45, 2.75) is 33.1 Å². The van der Waals surface area contributed by atoms with Crippen LogP contribution in [0.3, 0.4) is 0 Å². The highest BCUT2D eigenvalue weighted by molar-refractivity contribution is 6.06. The van der Waals surface area contributed by atoms with E-state index in [0.717, 1.165) is 17.5 Å². The first-order valence-corrected chi connectivity index (χ1v) is 9.96. The molecular formula is C24H21FN2O4. The first kappa shape index (κ1) is 20.5. The second-order valence-electron chi connectivity index (χ2n) is 7.42. The van der Waals surface area contributed by atoms with Crippen LogP contribution in [0, 0.1) is 19.7 Å². The fourth-order valence-electron chi connectivity index (χ4n) is 3.52. The predicted molar refractivity (Wildman–Crippen MR) is 113 cm³/mol. The molecule has 0 spiro atoms. The minimum absolute atomic E-state index is 0.130. The average Bonchev–Trinajstić information content (AvgIpc) is 3.11. The molecule has 7 heteroatoms. The smallest absolute Gasteiger partial charge is 0.379 e. The SMILES string of the molecule is Cc1ccc(OC(=O)c2oc3c(c2C)/C(=N/NC(=O)c2ccc(F)cc2)CCC3)cc1. The van der Waals surface area contributed by atoms with Crippen LogP contribution in [0.4, 0.5) is 4.39 Å². The van der Waals surface area contributed by atoms with E-state index >= 15 is 0 Å². The molecule has 31 heavy (non-hydrogen) atoms. The fraction of sp³-hybridized carbons (Fsp3) is 0.208. The van der Waals surface area contributed by atoms with Crippen LogP contribution in [-0.2, 0) is 6.42 Å². The van der Waals surface area contributed by atoms with Crippen molar-refractivity contribution >= 4 is 17.6 Å². The lowest BCUT2D eigenvalue weighted by atomic mass is 9.93. The lowest BCUT2D eigenvalue weighted by molar-refractivity contribution is 0.0698. The zero-order chi connectivity index (χ0) is 22.0. The number of hydrogen-bond donors (Lipinski definition) is 1. The van der Waals surface area contributed by atoms with Gasteiger partial charge >= 0.3 is 5.97 Å². The third-order valence-corrected chi connectivity index (χ3v) is 5.14. The summed E-state index contributed by atoms with van der Waals surface area (Å²) in [5.74, 6) is -0.228. The summed E-state index contributed by atoms with van der Waals surface area (Å²) in [4.78, 5) is 25.0.